The second kappa shape index (κ2) is 8.15. The molecule has 2 heterocycles. The van der Waals surface area contributed by atoms with Gasteiger partial charge in [0.2, 0.25) is 0 Å². The molecule has 0 unspecified atom stereocenters. The molecule has 0 saturated carbocycles. The van der Waals surface area contributed by atoms with Gasteiger partial charge in [0.15, 0.2) is 0 Å². The first-order valence-electron chi connectivity index (χ1n) is 8.31. The highest BCUT2D eigenvalue weighted by Crippen LogP contribution is 2.12. The van der Waals surface area contributed by atoms with Crippen LogP contribution in [0.25, 0.3) is 5.82 Å². The van der Waals surface area contributed by atoms with Gasteiger partial charge in [0.1, 0.15) is 23.2 Å². The molecular weight excluding hydrogens is 330 g/mol. The number of benzene rings is 1. The lowest BCUT2D eigenvalue weighted by atomic mass is 10.2. The van der Waals surface area contributed by atoms with Crippen molar-refractivity contribution in [2.24, 2.45) is 0 Å². The van der Waals surface area contributed by atoms with E-state index < -0.39 is 0 Å². The SMILES string of the molecule is COc1ccc(C(=O)NCCNc2cc(-n3cccc3)nc(C)n2)cc1. The molecule has 1 aromatic carbocycles. The zero-order valence-electron chi connectivity index (χ0n) is 14.8. The van der Waals surface area contributed by atoms with Crippen LogP contribution in [0.15, 0.2) is 54.9 Å². The molecule has 2 aromatic heterocycles. The van der Waals surface area contributed by atoms with Gasteiger partial charge in [-0.1, -0.05) is 0 Å². The molecule has 3 aromatic rings. The molecule has 1 amide bonds. The summed E-state index contributed by atoms with van der Waals surface area (Å²) in [7, 11) is 1.59. The van der Waals surface area contributed by atoms with Gasteiger partial charge < -0.3 is 19.9 Å². The minimum atomic E-state index is -0.124. The summed E-state index contributed by atoms with van der Waals surface area (Å²) >= 11 is 0. The number of hydrogen-bond acceptors (Lipinski definition) is 5. The maximum absolute atomic E-state index is 12.1. The second-order valence-corrected chi connectivity index (χ2v) is 5.66. The van der Waals surface area contributed by atoms with E-state index in [0.29, 0.717) is 24.5 Å². The fraction of sp³-hybridized carbons (Fsp3) is 0.211. The van der Waals surface area contributed by atoms with Crippen molar-refractivity contribution >= 4 is 11.7 Å². The molecule has 0 aliphatic carbocycles. The predicted octanol–water partition coefficient (Wildman–Crippen LogP) is 2.43. The van der Waals surface area contributed by atoms with Crippen molar-refractivity contribution in [3.8, 4) is 11.6 Å². The molecule has 134 valence electrons. The molecule has 0 aliphatic rings. The number of nitrogens with one attached hydrogen (secondary N) is 2. The molecule has 0 aliphatic heterocycles. The van der Waals surface area contributed by atoms with Crippen LogP contribution in [0.2, 0.25) is 0 Å². The summed E-state index contributed by atoms with van der Waals surface area (Å²) in [6, 6.07) is 12.8. The molecule has 3 rings (SSSR count). The highest BCUT2D eigenvalue weighted by Gasteiger charge is 2.06. The van der Waals surface area contributed by atoms with Crippen LogP contribution in [0.4, 0.5) is 5.82 Å². The summed E-state index contributed by atoms with van der Waals surface area (Å²) in [4.78, 5) is 20.9. The van der Waals surface area contributed by atoms with Gasteiger partial charge in [0.25, 0.3) is 5.91 Å². The van der Waals surface area contributed by atoms with E-state index in [-0.39, 0.29) is 5.91 Å². The van der Waals surface area contributed by atoms with E-state index in [9.17, 15) is 4.79 Å². The third kappa shape index (κ3) is 4.38. The van der Waals surface area contributed by atoms with Crippen LogP contribution in [-0.4, -0.2) is 40.6 Å². The van der Waals surface area contributed by atoms with Crippen LogP contribution in [0.5, 0.6) is 5.75 Å². The number of nitrogens with zero attached hydrogens (tertiary/aromatic N) is 3. The molecule has 0 saturated heterocycles. The Balaban J connectivity index is 1.52. The van der Waals surface area contributed by atoms with Crippen molar-refractivity contribution in [2.75, 3.05) is 25.5 Å². The summed E-state index contributed by atoms with van der Waals surface area (Å²) in [5.41, 5.74) is 0.596. The van der Waals surface area contributed by atoms with Crippen molar-refractivity contribution in [3.63, 3.8) is 0 Å². The largest absolute Gasteiger partial charge is 0.497 e. The molecule has 7 nitrogen and oxygen atoms in total. The number of hydrogen-bond donors (Lipinski definition) is 2. The Bertz CT molecular complexity index is 860. The Morgan fingerprint density at radius 1 is 1.12 bits per heavy atom. The number of aromatic nitrogens is 3. The van der Waals surface area contributed by atoms with Gasteiger partial charge in [-0.2, -0.15) is 0 Å². The Kier molecular flexibility index (Phi) is 5.48. The van der Waals surface area contributed by atoms with Crippen LogP contribution in [0, 0.1) is 6.92 Å². The van der Waals surface area contributed by atoms with Crippen LogP contribution < -0.4 is 15.4 Å². The molecule has 0 fully saturated rings. The molecule has 0 bridgehead atoms. The maximum Gasteiger partial charge on any atom is 0.251 e. The fourth-order valence-electron chi connectivity index (χ4n) is 2.47. The Morgan fingerprint density at radius 3 is 2.54 bits per heavy atom. The quantitative estimate of drug-likeness (QED) is 0.639. The lowest BCUT2D eigenvalue weighted by Crippen LogP contribution is -2.28. The van der Waals surface area contributed by atoms with Crippen LogP contribution in [0.1, 0.15) is 16.2 Å². The minimum absolute atomic E-state index is 0.124. The molecule has 0 atom stereocenters. The molecule has 2 N–H and O–H groups in total. The highest BCUT2D eigenvalue weighted by molar-refractivity contribution is 5.94. The topological polar surface area (TPSA) is 81.1 Å². The smallest absolute Gasteiger partial charge is 0.251 e. The Hall–Kier alpha value is -3.35. The summed E-state index contributed by atoms with van der Waals surface area (Å²) in [5.74, 6) is 2.80. The first-order chi connectivity index (χ1) is 12.7. The monoisotopic (exact) mass is 351 g/mol. The molecule has 0 spiro atoms. The predicted molar refractivity (Wildman–Crippen MR) is 99.9 cm³/mol. The van der Waals surface area contributed by atoms with Gasteiger partial charge in [-0.25, -0.2) is 9.97 Å². The van der Waals surface area contributed by atoms with Crippen molar-refractivity contribution in [2.45, 2.75) is 6.92 Å². The number of anilines is 1. The van der Waals surface area contributed by atoms with Gasteiger partial charge in [-0.3, -0.25) is 4.79 Å². The first-order valence-corrected chi connectivity index (χ1v) is 8.31. The van der Waals surface area contributed by atoms with Crippen molar-refractivity contribution < 1.29 is 9.53 Å². The van der Waals surface area contributed by atoms with E-state index in [2.05, 4.69) is 20.6 Å². The Morgan fingerprint density at radius 2 is 1.85 bits per heavy atom. The maximum atomic E-state index is 12.1. The van der Waals surface area contributed by atoms with Crippen LogP contribution >= 0.6 is 0 Å². The third-order valence-corrected chi connectivity index (χ3v) is 3.76. The van der Waals surface area contributed by atoms with Gasteiger partial charge in [-0.15, -0.1) is 0 Å². The Labute approximate surface area is 152 Å². The molecule has 0 radical (unpaired) electrons. The highest BCUT2D eigenvalue weighted by atomic mass is 16.5. The number of aryl methyl sites for hydroxylation is 1. The van der Waals surface area contributed by atoms with E-state index in [4.69, 9.17) is 4.74 Å². The van der Waals surface area contributed by atoms with Gasteiger partial charge in [0, 0.05) is 37.1 Å². The summed E-state index contributed by atoms with van der Waals surface area (Å²) < 4.78 is 7.01. The number of methoxy groups -OCH3 is 1. The average Bonchev–Trinajstić information content (AvgIpc) is 3.19. The van der Waals surface area contributed by atoms with E-state index in [1.54, 1.807) is 31.4 Å². The van der Waals surface area contributed by atoms with Gasteiger partial charge >= 0.3 is 0 Å². The zero-order valence-corrected chi connectivity index (χ0v) is 14.8. The lowest BCUT2D eigenvalue weighted by Gasteiger charge is -2.10. The zero-order chi connectivity index (χ0) is 18.4. The van der Waals surface area contributed by atoms with E-state index in [1.165, 1.54) is 0 Å². The number of amides is 1. The van der Waals surface area contributed by atoms with Crippen LogP contribution in [0.3, 0.4) is 0 Å². The summed E-state index contributed by atoms with van der Waals surface area (Å²) in [6.45, 7) is 2.89. The van der Waals surface area contributed by atoms with E-state index in [1.807, 2.05) is 42.1 Å². The number of rotatable bonds is 7. The number of carbonyl (C=O) groups is 1. The molecule has 26 heavy (non-hydrogen) atoms. The fourth-order valence-corrected chi connectivity index (χ4v) is 2.47. The summed E-state index contributed by atoms with van der Waals surface area (Å²) in [5, 5.41) is 6.09. The summed E-state index contributed by atoms with van der Waals surface area (Å²) in [6.07, 6.45) is 3.86. The minimum Gasteiger partial charge on any atom is -0.497 e. The van der Waals surface area contributed by atoms with E-state index in [0.717, 1.165) is 17.4 Å². The first kappa shape index (κ1) is 17.5. The normalized spacial score (nSPS) is 10.4. The van der Waals surface area contributed by atoms with Crippen molar-refractivity contribution in [1.82, 2.24) is 19.9 Å². The molecule has 7 heteroatoms. The number of ether oxygens (including phenoxy) is 1. The van der Waals surface area contributed by atoms with Crippen LogP contribution in [-0.2, 0) is 0 Å². The standard InChI is InChI=1S/C19H21N5O2/c1-14-22-17(13-18(23-14)24-11-3-4-12-24)20-9-10-21-19(25)15-5-7-16(26-2)8-6-15/h3-8,11-13H,9-10H2,1-2H3,(H,21,25)(H,20,22,23). The van der Waals surface area contributed by atoms with Gasteiger partial charge in [-0.05, 0) is 43.3 Å². The lowest BCUT2D eigenvalue weighted by molar-refractivity contribution is 0.0955. The second-order valence-electron chi connectivity index (χ2n) is 5.66. The average molecular weight is 351 g/mol. The third-order valence-electron chi connectivity index (χ3n) is 3.76. The molecular formula is C19H21N5O2. The number of carbonyl (C=O) groups excluding carboxylic acids is 1. The van der Waals surface area contributed by atoms with E-state index >= 15 is 0 Å². The van der Waals surface area contributed by atoms with Gasteiger partial charge in [0.05, 0.1) is 7.11 Å². The van der Waals surface area contributed by atoms with Crippen molar-refractivity contribution in [1.29, 1.82) is 0 Å². The van der Waals surface area contributed by atoms with Crippen molar-refractivity contribution in [3.05, 3.63) is 66.2 Å².